The monoisotopic (exact) mass is 396 g/mol. The summed E-state index contributed by atoms with van der Waals surface area (Å²) in [6.07, 6.45) is 2.74. The second-order valence-corrected chi connectivity index (χ2v) is 8.41. The van der Waals surface area contributed by atoms with Crippen molar-refractivity contribution in [3.8, 4) is 0 Å². The molecule has 1 saturated heterocycles. The Morgan fingerprint density at radius 1 is 1.21 bits per heavy atom. The molecule has 1 aromatic rings. The van der Waals surface area contributed by atoms with Crippen LogP contribution < -0.4 is 4.90 Å². The molecule has 1 aromatic carbocycles. The minimum absolute atomic E-state index is 0.148. The standard InChI is InChI=1S/C22H30N5O2/c1-5-16-7-9-17(10-8-16)25-12-6-13-26-18-19(23-21(25)26)24(4)22(29)27(20(18)28)14-11-15(2)3/h7-10,15,18H,5-6,11-14H2,1-4H3/q+1. The number of rotatable bonds is 5. The number of hydrogen-bond donors (Lipinski definition) is 0. The number of imide groups is 1. The number of carbonyl (C=O) groups is 2. The van der Waals surface area contributed by atoms with Gasteiger partial charge in [-0.2, -0.15) is 0 Å². The molecule has 7 nitrogen and oxygen atoms in total. The predicted molar refractivity (Wildman–Crippen MR) is 113 cm³/mol. The molecule has 154 valence electrons. The first-order valence-corrected chi connectivity index (χ1v) is 10.6. The predicted octanol–water partition coefficient (Wildman–Crippen LogP) is 2.55. The van der Waals surface area contributed by atoms with E-state index in [2.05, 4.69) is 54.5 Å². The largest absolute Gasteiger partial charge is 0.397 e. The molecule has 0 saturated carbocycles. The molecular formula is C22H30N5O2+. The van der Waals surface area contributed by atoms with Crippen molar-refractivity contribution in [2.45, 2.75) is 46.1 Å². The topological polar surface area (TPSA) is 59.2 Å². The van der Waals surface area contributed by atoms with Gasteiger partial charge in [0.15, 0.2) is 0 Å². The molecule has 0 aliphatic carbocycles. The quantitative estimate of drug-likeness (QED) is 0.719. The van der Waals surface area contributed by atoms with Crippen LogP contribution in [0.2, 0.25) is 0 Å². The number of carbonyl (C=O) groups excluding carboxylic acids is 2. The zero-order valence-electron chi connectivity index (χ0n) is 17.8. The van der Waals surface area contributed by atoms with E-state index in [-0.39, 0.29) is 11.9 Å². The van der Waals surface area contributed by atoms with Crippen molar-refractivity contribution in [3.63, 3.8) is 0 Å². The van der Waals surface area contributed by atoms with Crippen LogP contribution >= 0.6 is 0 Å². The van der Waals surface area contributed by atoms with E-state index >= 15 is 0 Å². The second-order valence-electron chi connectivity index (χ2n) is 8.41. The molecule has 1 unspecified atom stereocenters. The van der Waals surface area contributed by atoms with Gasteiger partial charge in [0.1, 0.15) is 5.69 Å². The minimum atomic E-state index is -0.502. The van der Waals surface area contributed by atoms with Gasteiger partial charge in [-0.3, -0.25) is 14.6 Å². The minimum Gasteiger partial charge on any atom is -0.270 e. The van der Waals surface area contributed by atoms with Gasteiger partial charge in [-0.05, 0) is 36.5 Å². The number of amidine groups is 1. The normalized spacial score (nSPS) is 21.8. The lowest BCUT2D eigenvalue weighted by molar-refractivity contribution is -0.539. The molecule has 7 heteroatoms. The number of amides is 3. The van der Waals surface area contributed by atoms with Gasteiger partial charge in [0.05, 0.1) is 13.1 Å². The van der Waals surface area contributed by atoms with Gasteiger partial charge in [-0.25, -0.2) is 14.3 Å². The number of benzene rings is 1. The van der Waals surface area contributed by atoms with E-state index in [1.54, 1.807) is 11.9 Å². The summed E-state index contributed by atoms with van der Waals surface area (Å²) in [5.74, 6) is 1.61. The summed E-state index contributed by atoms with van der Waals surface area (Å²) < 4.78 is 2.07. The summed E-state index contributed by atoms with van der Waals surface area (Å²) in [7, 11) is 1.72. The van der Waals surface area contributed by atoms with E-state index in [1.807, 2.05) is 0 Å². The zero-order valence-corrected chi connectivity index (χ0v) is 17.8. The number of anilines is 1. The Bertz CT molecular complexity index is 887. The van der Waals surface area contributed by atoms with Crippen molar-refractivity contribution in [2.75, 3.05) is 31.6 Å². The molecule has 29 heavy (non-hydrogen) atoms. The van der Waals surface area contributed by atoms with Crippen molar-refractivity contribution < 1.29 is 14.2 Å². The first kappa shape index (κ1) is 19.6. The summed E-state index contributed by atoms with van der Waals surface area (Å²) in [5, 5.41) is 0. The van der Waals surface area contributed by atoms with E-state index < -0.39 is 6.04 Å². The Morgan fingerprint density at radius 2 is 1.93 bits per heavy atom. The molecule has 0 spiro atoms. The molecule has 3 amide bonds. The first-order valence-electron chi connectivity index (χ1n) is 10.6. The zero-order chi connectivity index (χ0) is 20.7. The average Bonchev–Trinajstić information content (AvgIpc) is 3.12. The number of aryl methyl sites for hydroxylation is 1. The van der Waals surface area contributed by atoms with Gasteiger partial charge >= 0.3 is 12.0 Å². The molecule has 1 fully saturated rings. The summed E-state index contributed by atoms with van der Waals surface area (Å²) in [4.78, 5) is 36.0. The van der Waals surface area contributed by atoms with Crippen molar-refractivity contribution >= 4 is 29.4 Å². The Morgan fingerprint density at radius 3 is 2.59 bits per heavy atom. The molecule has 3 heterocycles. The van der Waals surface area contributed by atoms with Crippen molar-refractivity contribution in [3.05, 3.63) is 29.8 Å². The SMILES string of the molecule is CCc1ccc(N2CCC[N+]3=C2N=C2C3C(=O)N(CCC(C)C)C(=O)N2C)cc1. The van der Waals surface area contributed by atoms with E-state index in [4.69, 9.17) is 4.99 Å². The molecular weight excluding hydrogens is 366 g/mol. The van der Waals surface area contributed by atoms with Crippen molar-refractivity contribution in [1.29, 1.82) is 0 Å². The van der Waals surface area contributed by atoms with E-state index in [9.17, 15) is 9.59 Å². The Labute approximate surface area is 172 Å². The maximum absolute atomic E-state index is 13.3. The Hall–Kier alpha value is -2.70. The van der Waals surface area contributed by atoms with Gasteiger partial charge in [0.2, 0.25) is 11.9 Å². The number of hydrogen-bond acceptors (Lipinski definition) is 4. The summed E-state index contributed by atoms with van der Waals surface area (Å²) in [5.41, 5.74) is 2.36. The van der Waals surface area contributed by atoms with Crippen LogP contribution in [0.5, 0.6) is 0 Å². The Balaban J connectivity index is 1.68. The molecule has 3 aliphatic rings. The maximum Gasteiger partial charge on any atom is 0.397 e. The van der Waals surface area contributed by atoms with Crippen LogP contribution in [0.15, 0.2) is 29.3 Å². The third kappa shape index (κ3) is 3.32. The Kier molecular flexibility index (Phi) is 5.15. The van der Waals surface area contributed by atoms with Crippen LogP contribution in [-0.4, -0.2) is 70.8 Å². The fourth-order valence-electron chi connectivity index (χ4n) is 4.20. The highest BCUT2D eigenvalue weighted by Gasteiger charge is 2.54. The van der Waals surface area contributed by atoms with E-state index in [1.165, 1.54) is 10.5 Å². The maximum atomic E-state index is 13.3. The van der Waals surface area contributed by atoms with Crippen LogP contribution in [0.25, 0.3) is 0 Å². The van der Waals surface area contributed by atoms with Crippen molar-refractivity contribution in [1.82, 2.24) is 9.80 Å². The fourth-order valence-corrected chi connectivity index (χ4v) is 4.20. The van der Waals surface area contributed by atoms with Gasteiger partial charge in [-0.15, -0.1) is 0 Å². The van der Waals surface area contributed by atoms with Gasteiger partial charge in [0, 0.05) is 20.0 Å². The van der Waals surface area contributed by atoms with Crippen LogP contribution in [0.4, 0.5) is 10.5 Å². The number of nitrogens with zero attached hydrogens (tertiary/aromatic N) is 5. The van der Waals surface area contributed by atoms with Crippen LogP contribution in [0, 0.1) is 5.92 Å². The first-order chi connectivity index (χ1) is 13.9. The lowest BCUT2D eigenvalue weighted by Gasteiger charge is -2.35. The number of urea groups is 1. The van der Waals surface area contributed by atoms with Crippen LogP contribution in [0.3, 0.4) is 0 Å². The highest BCUT2D eigenvalue weighted by atomic mass is 16.2. The number of aliphatic imine (C=N–C) groups is 1. The molecule has 0 aromatic heterocycles. The third-order valence-electron chi connectivity index (χ3n) is 6.00. The van der Waals surface area contributed by atoms with Crippen molar-refractivity contribution in [2.24, 2.45) is 10.9 Å². The third-order valence-corrected chi connectivity index (χ3v) is 6.00. The fraction of sp³-hybridized carbons (Fsp3) is 0.545. The lowest BCUT2D eigenvalue weighted by atomic mass is 10.1. The summed E-state index contributed by atoms with van der Waals surface area (Å²) >= 11 is 0. The highest BCUT2D eigenvalue weighted by molar-refractivity contribution is 6.24. The number of likely N-dealkylation sites (N-methyl/N-ethyl adjacent to an activating group) is 1. The summed E-state index contributed by atoms with van der Waals surface area (Å²) in [6, 6.07) is 7.73. The molecule has 0 radical (unpaired) electrons. The van der Waals surface area contributed by atoms with Gasteiger partial charge in [-0.1, -0.05) is 37.9 Å². The molecule has 4 rings (SSSR count). The van der Waals surface area contributed by atoms with Gasteiger partial charge < -0.3 is 0 Å². The lowest BCUT2D eigenvalue weighted by Crippen LogP contribution is -2.63. The average molecular weight is 397 g/mol. The highest BCUT2D eigenvalue weighted by Crippen LogP contribution is 2.27. The molecule has 1 atom stereocenters. The smallest absolute Gasteiger partial charge is 0.270 e. The van der Waals surface area contributed by atoms with E-state index in [0.29, 0.717) is 18.3 Å². The van der Waals surface area contributed by atoms with Crippen LogP contribution in [-0.2, 0) is 11.2 Å². The number of guanidine groups is 1. The second kappa shape index (κ2) is 7.61. The van der Waals surface area contributed by atoms with Gasteiger partial charge in [0.25, 0.3) is 5.91 Å². The van der Waals surface area contributed by atoms with Crippen LogP contribution in [0.1, 0.15) is 39.2 Å². The van der Waals surface area contributed by atoms with E-state index in [0.717, 1.165) is 44.0 Å². The summed E-state index contributed by atoms with van der Waals surface area (Å²) in [6.45, 7) is 8.41. The molecule has 3 aliphatic heterocycles. The number of fused-ring (bicyclic) bond motifs is 2. The molecule has 0 bridgehead atoms. The molecule has 0 N–H and O–H groups in total.